The summed E-state index contributed by atoms with van der Waals surface area (Å²) >= 11 is 0. The highest BCUT2D eigenvalue weighted by Crippen LogP contribution is 2.20. The number of rotatable bonds is 5. The molecule has 26 heavy (non-hydrogen) atoms. The quantitative estimate of drug-likeness (QED) is 0.706. The van der Waals surface area contributed by atoms with Gasteiger partial charge in [-0.25, -0.2) is 15.0 Å². The highest BCUT2D eigenvalue weighted by molar-refractivity contribution is 5.52. The molecule has 3 heterocycles. The second kappa shape index (κ2) is 7.66. The lowest BCUT2D eigenvalue weighted by atomic mass is 10.2. The number of benzene rings is 1. The number of piperazine rings is 1. The summed E-state index contributed by atoms with van der Waals surface area (Å²) in [6, 6.07) is 12.1. The first-order valence-electron chi connectivity index (χ1n) is 9.10. The van der Waals surface area contributed by atoms with Crippen LogP contribution < -0.4 is 4.90 Å². The van der Waals surface area contributed by atoms with E-state index in [0.29, 0.717) is 5.89 Å². The summed E-state index contributed by atoms with van der Waals surface area (Å²) < 4.78 is 5.64. The number of anilines is 1. The minimum atomic E-state index is 0.687. The predicted molar refractivity (Wildman–Crippen MR) is 101 cm³/mol. The summed E-state index contributed by atoms with van der Waals surface area (Å²) in [5, 5.41) is 0. The predicted octanol–water partition coefficient (Wildman–Crippen LogP) is 3.02. The Morgan fingerprint density at radius 3 is 2.58 bits per heavy atom. The molecule has 0 atom stereocenters. The minimum Gasteiger partial charge on any atom is -0.444 e. The number of nitrogens with zero attached hydrogens (tertiary/aromatic N) is 5. The van der Waals surface area contributed by atoms with Crippen molar-refractivity contribution in [1.82, 2.24) is 19.9 Å². The maximum Gasteiger partial charge on any atom is 0.226 e. The van der Waals surface area contributed by atoms with Crippen LogP contribution in [0.15, 0.2) is 53.4 Å². The molecule has 2 aromatic heterocycles. The first-order chi connectivity index (χ1) is 12.8. The van der Waals surface area contributed by atoms with E-state index < -0.39 is 0 Å². The van der Waals surface area contributed by atoms with Crippen molar-refractivity contribution >= 4 is 5.82 Å². The SMILES string of the molecule is CCc1cc(N2CCN(Cc3coc(-c4ccccc4)n3)CC2)ncn1. The Morgan fingerprint density at radius 2 is 1.81 bits per heavy atom. The normalized spacial score (nSPS) is 15.3. The maximum absolute atomic E-state index is 5.64. The Labute approximate surface area is 153 Å². The molecule has 0 aliphatic carbocycles. The monoisotopic (exact) mass is 349 g/mol. The van der Waals surface area contributed by atoms with Crippen LogP contribution in [0.1, 0.15) is 18.3 Å². The number of hydrogen-bond donors (Lipinski definition) is 0. The van der Waals surface area contributed by atoms with Crippen LogP contribution in [0.4, 0.5) is 5.82 Å². The van der Waals surface area contributed by atoms with E-state index >= 15 is 0 Å². The summed E-state index contributed by atoms with van der Waals surface area (Å²) in [6.45, 7) is 6.82. The van der Waals surface area contributed by atoms with Gasteiger partial charge in [0, 0.05) is 50.0 Å². The van der Waals surface area contributed by atoms with Gasteiger partial charge in [-0.3, -0.25) is 4.90 Å². The van der Waals surface area contributed by atoms with E-state index in [-0.39, 0.29) is 0 Å². The third kappa shape index (κ3) is 3.75. The molecule has 0 amide bonds. The standard InChI is InChI=1S/C20H23N5O/c1-2-17-12-19(22-15-21-17)25-10-8-24(9-11-25)13-18-14-26-20(23-18)16-6-4-3-5-7-16/h3-7,12,14-15H,2,8-11,13H2,1H3. The van der Waals surface area contributed by atoms with Crippen LogP contribution >= 0.6 is 0 Å². The first-order valence-corrected chi connectivity index (χ1v) is 9.10. The summed E-state index contributed by atoms with van der Waals surface area (Å²) in [4.78, 5) is 18.1. The van der Waals surface area contributed by atoms with Crippen molar-refractivity contribution in [3.63, 3.8) is 0 Å². The topological polar surface area (TPSA) is 58.3 Å². The molecule has 1 aliphatic heterocycles. The average Bonchev–Trinajstić information content (AvgIpc) is 3.18. The molecule has 134 valence electrons. The van der Waals surface area contributed by atoms with E-state index in [1.807, 2.05) is 30.3 Å². The Morgan fingerprint density at radius 1 is 1.00 bits per heavy atom. The first kappa shape index (κ1) is 16.7. The molecule has 0 saturated carbocycles. The Kier molecular flexibility index (Phi) is 4.93. The number of aryl methyl sites for hydroxylation is 1. The van der Waals surface area contributed by atoms with E-state index in [2.05, 4.69) is 37.7 Å². The van der Waals surface area contributed by atoms with E-state index in [1.54, 1.807) is 12.6 Å². The van der Waals surface area contributed by atoms with E-state index in [4.69, 9.17) is 4.42 Å². The van der Waals surface area contributed by atoms with Crippen LogP contribution in [0.3, 0.4) is 0 Å². The lowest BCUT2D eigenvalue weighted by Gasteiger charge is -2.35. The number of oxazole rings is 1. The van der Waals surface area contributed by atoms with Crippen molar-refractivity contribution in [2.24, 2.45) is 0 Å². The molecule has 1 saturated heterocycles. The van der Waals surface area contributed by atoms with Gasteiger partial charge in [0.2, 0.25) is 5.89 Å². The van der Waals surface area contributed by atoms with Crippen LogP contribution in [0.5, 0.6) is 0 Å². The smallest absolute Gasteiger partial charge is 0.226 e. The summed E-state index contributed by atoms with van der Waals surface area (Å²) in [6.07, 6.45) is 4.37. The zero-order valence-corrected chi connectivity index (χ0v) is 15.0. The van der Waals surface area contributed by atoms with Gasteiger partial charge in [-0.05, 0) is 18.6 Å². The van der Waals surface area contributed by atoms with Gasteiger partial charge in [0.05, 0.1) is 5.69 Å². The molecule has 1 fully saturated rings. The Hall–Kier alpha value is -2.73. The largest absolute Gasteiger partial charge is 0.444 e. The fourth-order valence-corrected chi connectivity index (χ4v) is 3.21. The van der Waals surface area contributed by atoms with Gasteiger partial charge in [0.15, 0.2) is 0 Å². The van der Waals surface area contributed by atoms with Crippen molar-refractivity contribution < 1.29 is 4.42 Å². The Balaban J connectivity index is 1.35. The van der Waals surface area contributed by atoms with E-state index in [9.17, 15) is 0 Å². The van der Waals surface area contributed by atoms with E-state index in [0.717, 1.165) is 61.9 Å². The molecule has 6 nitrogen and oxygen atoms in total. The molecule has 6 heteroatoms. The maximum atomic E-state index is 5.64. The molecule has 0 radical (unpaired) electrons. The van der Waals surface area contributed by atoms with Crippen molar-refractivity contribution in [2.45, 2.75) is 19.9 Å². The fourth-order valence-electron chi connectivity index (χ4n) is 3.21. The van der Waals surface area contributed by atoms with Crippen molar-refractivity contribution in [3.05, 3.63) is 60.4 Å². The van der Waals surface area contributed by atoms with Gasteiger partial charge in [-0.2, -0.15) is 0 Å². The average molecular weight is 349 g/mol. The van der Waals surface area contributed by atoms with Crippen molar-refractivity contribution in [1.29, 1.82) is 0 Å². The van der Waals surface area contributed by atoms with Gasteiger partial charge >= 0.3 is 0 Å². The molecule has 0 unspecified atom stereocenters. The van der Waals surface area contributed by atoms with Crippen LogP contribution in [0.2, 0.25) is 0 Å². The fraction of sp³-hybridized carbons (Fsp3) is 0.350. The van der Waals surface area contributed by atoms with Crippen molar-refractivity contribution in [2.75, 3.05) is 31.1 Å². The molecule has 4 rings (SSSR count). The molecule has 0 bridgehead atoms. The van der Waals surface area contributed by atoms with Gasteiger partial charge in [-0.1, -0.05) is 25.1 Å². The molecular weight excluding hydrogens is 326 g/mol. The van der Waals surface area contributed by atoms with Crippen LogP contribution in [0.25, 0.3) is 11.5 Å². The van der Waals surface area contributed by atoms with E-state index in [1.165, 1.54) is 0 Å². The lowest BCUT2D eigenvalue weighted by Crippen LogP contribution is -2.46. The van der Waals surface area contributed by atoms with Gasteiger partial charge in [0.25, 0.3) is 0 Å². The molecule has 0 spiro atoms. The van der Waals surface area contributed by atoms with Gasteiger partial charge < -0.3 is 9.32 Å². The highest BCUT2D eigenvalue weighted by Gasteiger charge is 2.19. The third-order valence-corrected chi connectivity index (χ3v) is 4.73. The zero-order valence-electron chi connectivity index (χ0n) is 15.0. The molecule has 0 N–H and O–H groups in total. The summed E-state index contributed by atoms with van der Waals surface area (Å²) in [5.74, 6) is 1.72. The van der Waals surface area contributed by atoms with Crippen LogP contribution in [-0.4, -0.2) is 46.0 Å². The van der Waals surface area contributed by atoms with Gasteiger partial charge in [-0.15, -0.1) is 0 Å². The number of aromatic nitrogens is 3. The molecule has 3 aromatic rings. The van der Waals surface area contributed by atoms with Crippen LogP contribution in [-0.2, 0) is 13.0 Å². The molecular formula is C20H23N5O. The zero-order chi connectivity index (χ0) is 17.8. The second-order valence-corrected chi connectivity index (χ2v) is 6.49. The molecule has 1 aliphatic rings. The summed E-state index contributed by atoms with van der Waals surface area (Å²) in [7, 11) is 0. The molecule has 1 aromatic carbocycles. The minimum absolute atomic E-state index is 0.687. The highest BCUT2D eigenvalue weighted by atomic mass is 16.3. The van der Waals surface area contributed by atoms with Gasteiger partial charge in [0.1, 0.15) is 18.4 Å². The lowest BCUT2D eigenvalue weighted by molar-refractivity contribution is 0.246. The number of hydrogen-bond acceptors (Lipinski definition) is 6. The Bertz CT molecular complexity index is 840. The van der Waals surface area contributed by atoms with Crippen molar-refractivity contribution in [3.8, 4) is 11.5 Å². The second-order valence-electron chi connectivity index (χ2n) is 6.49. The van der Waals surface area contributed by atoms with Crippen LogP contribution in [0, 0.1) is 0 Å². The summed E-state index contributed by atoms with van der Waals surface area (Å²) in [5.41, 5.74) is 3.08. The third-order valence-electron chi connectivity index (χ3n) is 4.73.